The molecule has 0 atom stereocenters. The second-order valence-corrected chi connectivity index (χ2v) is 4.77. The van der Waals surface area contributed by atoms with Crippen molar-refractivity contribution in [1.29, 1.82) is 0 Å². The second kappa shape index (κ2) is 4.70. The van der Waals surface area contributed by atoms with E-state index >= 15 is 0 Å². The number of rotatable bonds is 3. The average Bonchev–Trinajstić information content (AvgIpc) is 3.11. The first-order valence-corrected chi connectivity index (χ1v) is 6.66. The van der Waals surface area contributed by atoms with Gasteiger partial charge < -0.3 is 0 Å². The van der Waals surface area contributed by atoms with E-state index < -0.39 is 0 Å². The van der Waals surface area contributed by atoms with Crippen molar-refractivity contribution in [2.75, 3.05) is 0 Å². The molecule has 0 aliphatic carbocycles. The Balaban J connectivity index is 2.14. The van der Waals surface area contributed by atoms with E-state index in [9.17, 15) is 0 Å². The molecule has 5 heteroatoms. The molecule has 0 fully saturated rings. The first-order valence-electron chi connectivity index (χ1n) is 5.78. The predicted molar refractivity (Wildman–Crippen MR) is 71.8 cm³/mol. The van der Waals surface area contributed by atoms with Crippen molar-refractivity contribution in [1.82, 2.24) is 19.7 Å². The van der Waals surface area contributed by atoms with Gasteiger partial charge in [-0.2, -0.15) is 5.10 Å². The van der Waals surface area contributed by atoms with Crippen LogP contribution in [0.2, 0.25) is 0 Å². The molecule has 90 valence electrons. The van der Waals surface area contributed by atoms with E-state index in [2.05, 4.69) is 22.0 Å². The molecule has 3 rings (SSSR count). The predicted octanol–water partition coefficient (Wildman–Crippen LogP) is 2.95. The summed E-state index contributed by atoms with van der Waals surface area (Å²) in [4.78, 5) is 10.1. The van der Waals surface area contributed by atoms with Crippen LogP contribution < -0.4 is 0 Å². The maximum Gasteiger partial charge on any atom is 0.171 e. The molecule has 0 amide bonds. The molecule has 0 saturated heterocycles. The van der Waals surface area contributed by atoms with Gasteiger partial charge in [0.05, 0.1) is 4.88 Å². The van der Waals surface area contributed by atoms with E-state index in [1.54, 1.807) is 22.2 Å². The molecule has 0 saturated carbocycles. The number of hydrogen-bond acceptors (Lipinski definition) is 4. The number of nitrogens with zero attached hydrogens (tertiary/aromatic N) is 4. The molecular weight excluding hydrogens is 244 g/mol. The van der Waals surface area contributed by atoms with E-state index in [1.165, 1.54) is 0 Å². The normalized spacial score (nSPS) is 10.7. The van der Waals surface area contributed by atoms with Crippen LogP contribution in [-0.4, -0.2) is 19.7 Å². The van der Waals surface area contributed by atoms with Crippen LogP contribution in [0.3, 0.4) is 0 Å². The first-order chi connectivity index (χ1) is 8.88. The average molecular weight is 256 g/mol. The summed E-state index contributed by atoms with van der Waals surface area (Å²) in [5.74, 6) is 1.62. The van der Waals surface area contributed by atoms with Crippen LogP contribution in [0.4, 0.5) is 0 Å². The number of thiophene rings is 1. The van der Waals surface area contributed by atoms with Crippen molar-refractivity contribution < 1.29 is 0 Å². The van der Waals surface area contributed by atoms with Gasteiger partial charge in [-0.1, -0.05) is 13.0 Å². The third kappa shape index (κ3) is 1.93. The van der Waals surface area contributed by atoms with Gasteiger partial charge >= 0.3 is 0 Å². The van der Waals surface area contributed by atoms with Crippen molar-refractivity contribution in [2.24, 2.45) is 0 Å². The Morgan fingerprint density at radius 3 is 2.94 bits per heavy atom. The summed E-state index contributed by atoms with van der Waals surface area (Å²) >= 11 is 1.64. The van der Waals surface area contributed by atoms with E-state index in [4.69, 9.17) is 0 Å². The van der Waals surface area contributed by atoms with E-state index in [-0.39, 0.29) is 0 Å². The fourth-order valence-electron chi connectivity index (χ4n) is 1.76. The smallest absolute Gasteiger partial charge is 0.171 e. The lowest BCUT2D eigenvalue weighted by Crippen LogP contribution is -2.05. The third-order valence-electron chi connectivity index (χ3n) is 2.69. The molecular formula is C13H12N4S. The molecule has 3 aromatic heterocycles. The van der Waals surface area contributed by atoms with Crippen LogP contribution in [0.15, 0.2) is 42.2 Å². The highest BCUT2D eigenvalue weighted by Gasteiger charge is 2.10. The largest absolute Gasteiger partial charge is 0.235 e. The van der Waals surface area contributed by atoms with Crippen LogP contribution in [0.1, 0.15) is 12.5 Å². The van der Waals surface area contributed by atoms with Gasteiger partial charge in [-0.3, -0.25) is 0 Å². The van der Waals surface area contributed by atoms with Crippen LogP contribution in [0.5, 0.6) is 0 Å². The van der Waals surface area contributed by atoms with Crippen LogP contribution in [0, 0.1) is 0 Å². The first kappa shape index (κ1) is 11.1. The Bertz CT molecular complexity index is 629. The molecule has 4 nitrogen and oxygen atoms in total. The van der Waals surface area contributed by atoms with Crippen molar-refractivity contribution in [3.05, 3.63) is 47.7 Å². The Labute approximate surface area is 109 Å². The molecule has 3 aromatic rings. The lowest BCUT2D eigenvalue weighted by molar-refractivity contribution is 0.820. The number of aromatic nitrogens is 4. The molecule has 0 N–H and O–H groups in total. The van der Waals surface area contributed by atoms with Gasteiger partial charge in [0.1, 0.15) is 0 Å². The molecule has 0 aromatic carbocycles. The lowest BCUT2D eigenvalue weighted by Gasteiger charge is -2.07. The third-order valence-corrected chi connectivity index (χ3v) is 3.55. The molecule has 3 heterocycles. The summed E-state index contributed by atoms with van der Waals surface area (Å²) < 4.78 is 1.79. The zero-order valence-electron chi connectivity index (χ0n) is 9.95. The highest BCUT2D eigenvalue weighted by atomic mass is 32.1. The summed E-state index contributed by atoms with van der Waals surface area (Å²) in [6.07, 6.45) is 6.44. The van der Waals surface area contributed by atoms with Crippen LogP contribution >= 0.6 is 11.3 Å². The summed E-state index contributed by atoms with van der Waals surface area (Å²) in [5.41, 5.74) is 1.10. The van der Waals surface area contributed by atoms with Gasteiger partial charge in [0.25, 0.3) is 0 Å². The highest BCUT2D eigenvalue weighted by Crippen LogP contribution is 2.22. The van der Waals surface area contributed by atoms with E-state index in [1.807, 2.05) is 36.0 Å². The molecule has 0 spiro atoms. The minimum atomic E-state index is 0.757. The topological polar surface area (TPSA) is 43.6 Å². The molecule has 0 unspecified atom stereocenters. The van der Waals surface area contributed by atoms with Gasteiger partial charge in [-0.05, 0) is 23.9 Å². The van der Waals surface area contributed by atoms with E-state index in [0.29, 0.717) is 0 Å². The zero-order valence-corrected chi connectivity index (χ0v) is 10.8. The molecule has 0 aliphatic heterocycles. The van der Waals surface area contributed by atoms with Gasteiger partial charge in [-0.25, -0.2) is 14.6 Å². The van der Waals surface area contributed by atoms with Crippen LogP contribution in [0.25, 0.3) is 16.5 Å². The van der Waals surface area contributed by atoms with Gasteiger partial charge in [0, 0.05) is 24.2 Å². The van der Waals surface area contributed by atoms with Crippen molar-refractivity contribution in [3.8, 4) is 16.5 Å². The van der Waals surface area contributed by atoms with Crippen molar-refractivity contribution >= 4 is 11.3 Å². The Morgan fingerprint density at radius 1 is 1.33 bits per heavy atom. The minimum absolute atomic E-state index is 0.757. The van der Waals surface area contributed by atoms with Gasteiger partial charge in [0.2, 0.25) is 0 Å². The Hall–Kier alpha value is -2.01. The summed E-state index contributed by atoms with van der Waals surface area (Å²) in [7, 11) is 0. The maximum atomic E-state index is 4.63. The second-order valence-electron chi connectivity index (χ2n) is 3.82. The molecule has 0 radical (unpaired) electrons. The molecule has 0 bridgehead atoms. The maximum absolute atomic E-state index is 4.63. The lowest BCUT2D eigenvalue weighted by atomic mass is 10.2. The number of hydrogen-bond donors (Lipinski definition) is 0. The van der Waals surface area contributed by atoms with Crippen molar-refractivity contribution in [3.63, 3.8) is 0 Å². The number of aryl methyl sites for hydroxylation is 1. The van der Waals surface area contributed by atoms with E-state index in [0.717, 1.165) is 28.5 Å². The fourth-order valence-corrected chi connectivity index (χ4v) is 2.43. The summed E-state index contributed by atoms with van der Waals surface area (Å²) in [6, 6.07) is 5.93. The monoisotopic (exact) mass is 256 g/mol. The quantitative estimate of drug-likeness (QED) is 0.723. The summed E-state index contributed by atoms with van der Waals surface area (Å²) in [6.45, 7) is 2.09. The fraction of sp³-hybridized carbons (Fsp3) is 0.154. The summed E-state index contributed by atoms with van der Waals surface area (Å²) in [5, 5.41) is 6.28. The Morgan fingerprint density at radius 2 is 2.28 bits per heavy atom. The molecule has 0 aliphatic rings. The highest BCUT2D eigenvalue weighted by molar-refractivity contribution is 7.13. The Kier molecular flexibility index (Phi) is 2.90. The van der Waals surface area contributed by atoms with Crippen LogP contribution in [-0.2, 0) is 6.42 Å². The van der Waals surface area contributed by atoms with Crippen molar-refractivity contribution in [2.45, 2.75) is 13.3 Å². The minimum Gasteiger partial charge on any atom is -0.235 e. The zero-order chi connectivity index (χ0) is 12.4. The van der Waals surface area contributed by atoms with Gasteiger partial charge in [-0.15, -0.1) is 11.3 Å². The SMILES string of the molecule is CCc1cnc(-c2cccs2)nc1-n1cccn1. The standard InChI is InChI=1S/C13H12N4S/c1-2-10-9-14-12(11-5-3-8-18-11)16-13(10)17-7-4-6-15-17/h3-9H,2H2,1H3. The van der Waals surface area contributed by atoms with Gasteiger partial charge in [0.15, 0.2) is 11.6 Å². The molecule has 18 heavy (non-hydrogen) atoms.